The molecule has 2 heteroatoms. The van der Waals surface area contributed by atoms with Crippen molar-refractivity contribution in [3.05, 3.63) is 0 Å². The molecule has 98 valence electrons. The standard InChI is InChI=1S/C14H30O2/c1-2-3-4-5-6-7-8-9-11-14(16)12-10-13-15/h14-16H,2-13H2,1H3/t14-/m1/s1. The van der Waals surface area contributed by atoms with E-state index in [-0.39, 0.29) is 12.7 Å². The molecule has 0 spiro atoms. The minimum absolute atomic E-state index is 0.188. The van der Waals surface area contributed by atoms with E-state index < -0.39 is 0 Å². The maximum atomic E-state index is 9.54. The molecule has 0 aromatic carbocycles. The average molecular weight is 230 g/mol. The van der Waals surface area contributed by atoms with Crippen LogP contribution in [-0.4, -0.2) is 22.9 Å². The van der Waals surface area contributed by atoms with E-state index in [2.05, 4.69) is 6.92 Å². The van der Waals surface area contributed by atoms with Crippen LogP contribution >= 0.6 is 0 Å². The number of rotatable bonds is 12. The Hall–Kier alpha value is -0.0800. The first kappa shape index (κ1) is 15.9. The summed E-state index contributed by atoms with van der Waals surface area (Å²) in [6, 6.07) is 0. The molecular weight excluding hydrogens is 200 g/mol. The Morgan fingerprint density at radius 2 is 1.25 bits per heavy atom. The van der Waals surface area contributed by atoms with Gasteiger partial charge in [0.2, 0.25) is 0 Å². The van der Waals surface area contributed by atoms with E-state index in [4.69, 9.17) is 5.11 Å². The zero-order valence-corrected chi connectivity index (χ0v) is 11.0. The van der Waals surface area contributed by atoms with Gasteiger partial charge < -0.3 is 10.2 Å². The lowest BCUT2D eigenvalue weighted by molar-refractivity contribution is 0.137. The molecule has 0 unspecified atom stereocenters. The van der Waals surface area contributed by atoms with Crippen LogP contribution in [0.3, 0.4) is 0 Å². The summed E-state index contributed by atoms with van der Waals surface area (Å²) in [6.45, 7) is 2.45. The third-order valence-corrected chi connectivity index (χ3v) is 3.09. The fraction of sp³-hybridized carbons (Fsp3) is 1.00. The van der Waals surface area contributed by atoms with E-state index in [1.165, 1.54) is 44.9 Å². The number of hydrogen-bond acceptors (Lipinski definition) is 2. The van der Waals surface area contributed by atoms with Gasteiger partial charge >= 0.3 is 0 Å². The van der Waals surface area contributed by atoms with Crippen molar-refractivity contribution < 1.29 is 10.2 Å². The van der Waals surface area contributed by atoms with E-state index in [1.807, 2.05) is 0 Å². The van der Waals surface area contributed by atoms with Crippen molar-refractivity contribution in [3.8, 4) is 0 Å². The molecule has 0 amide bonds. The molecule has 0 radical (unpaired) electrons. The van der Waals surface area contributed by atoms with Crippen LogP contribution < -0.4 is 0 Å². The molecule has 0 heterocycles. The molecule has 1 atom stereocenters. The van der Waals surface area contributed by atoms with Crippen LogP contribution in [0.5, 0.6) is 0 Å². The van der Waals surface area contributed by atoms with Crippen LogP contribution in [0, 0.1) is 0 Å². The van der Waals surface area contributed by atoms with Gasteiger partial charge in [0.1, 0.15) is 0 Å². The summed E-state index contributed by atoms with van der Waals surface area (Å²) in [6.07, 6.45) is 12.7. The normalized spacial score (nSPS) is 12.9. The predicted octanol–water partition coefficient (Wildman–Crippen LogP) is 3.65. The van der Waals surface area contributed by atoms with Crippen molar-refractivity contribution in [1.82, 2.24) is 0 Å². The summed E-state index contributed by atoms with van der Waals surface area (Å²) in [5.41, 5.74) is 0. The van der Waals surface area contributed by atoms with Gasteiger partial charge in [-0.25, -0.2) is 0 Å². The van der Waals surface area contributed by atoms with Crippen LogP contribution in [-0.2, 0) is 0 Å². The summed E-state index contributed by atoms with van der Waals surface area (Å²) in [5, 5.41) is 18.2. The van der Waals surface area contributed by atoms with Crippen molar-refractivity contribution in [2.75, 3.05) is 6.61 Å². The van der Waals surface area contributed by atoms with Gasteiger partial charge in [-0.3, -0.25) is 0 Å². The van der Waals surface area contributed by atoms with Gasteiger partial charge in [-0.05, 0) is 19.3 Å². The van der Waals surface area contributed by atoms with Crippen molar-refractivity contribution in [2.45, 2.75) is 83.7 Å². The first-order chi connectivity index (χ1) is 7.81. The topological polar surface area (TPSA) is 40.5 Å². The first-order valence-electron chi connectivity index (χ1n) is 7.10. The molecule has 2 N–H and O–H groups in total. The molecule has 0 fully saturated rings. The molecule has 0 saturated heterocycles. The van der Waals surface area contributed by atoms with Gasteiger partial charge in [-0.15, -0.1) is 0 Å². The molecule has 0 aliphatic rings. The second kappa shape index (κ2) is 13.0. The minimum atomic E-state index is -0.188. The lowest BCUT2D eigenvalue weighted by Gasteiger charge is -2.08. The molecule has 16 heavy (non-hydrogen) atoms. The van der Waals surface area contributed by atoms with Gasteiger partial charge in [0, 0.05) is 6.61 Å². The monoisotopic (exact) mass is 230 g/mol. The number of aliphatic hydroxyl groups excluding tert-OH is 2. The SMILES string of the molecule is CCCCCCCCCC[C@@H](O)CCCO. The van der Waals surface area contributed by atoms with Crippen LogP contribution in [0.1, 0.15) is 77.6 Å². The van der Waals surface area contributed by atoms with Gasteiger partial charge in [0.05, 0.1) is 6.10 Å². The van der Waals surface area contributed by atoms with Gasteiger partial charge in [0.25, 0.3) is 0 Å². The Morgan fingerprint density at radius 1 is 0.750 bits per heavy atom. The molecular formula is C14H30O2. The Bertz CT molecular complexity index is 126. The largest absolute Gasteiger partial charge is 0.396 e. The fourth-order valence-corrected chi connectivity index (χ4v) is 1.99. The molecule has 0 aliphatic heterocycles. The lowest BCUT2D eigenvalue weighted by atomic mass is 10.0. The van der Waals surface area contributed by atoms with E-state index >= 15 is 0 Å². The Morgan fingerprint density at radius 3 is 1.81 bits per heavy atom. The minimum Gasteiger partial charge on any atom is -0.396 e. The third-order valence-electron chi connectivity index (χ3n) is 3.09. The molecule has 0 aromatic heterocycles. The lowest BCUT2D eigenvalue weighted by Crippen LogP contribution is -2.06. The fourth-order valence-electron chi connectivity index (χ4n) is 1.99. The van der Waals surface area contributed by atoms with E-state index in [0.29, 0.717) is 0 Å². The summed E-state index contributed by atoms with van der Waals surface area (Å²) in [5.74, 6) is 0. The Kier molecular flexibility index (Phi) is 12.9. The van der Waals surface area contributed by atoms with Gasteiger partial charge in [0.15, 0.2) is 0 Å². The molecule has 0 rings (SSSR count). The van der Waals surface area contributed by atoms with Gasteiger partial charge in [-0.2, -0.15) is 0 Å². The molecule has 0 aromatic rings. The molecule has 0 aliphatic carbocycles. The third kappa shape index (κ3) is 12.0. The molecule has 0 saturated carbocycles. The van der Waals surface area contributed by atoms with Crippen LogP contribution in [0.15, 0.2) is 0 Å². The smallest absolute Gasteiger partial charge is 0.0541 e. The summed E-state index contributed by atoms with van der Waals surface area (Å²) >= 11 is 0. The highest BCUT2D eigenvalue weighted by Gasteiger charge is 2.02. The second-order valence-electron chi connectivity index (χ2n) is 4.78. The molecule has 2 nitrogen and oxygen atoms in total. The molecule has 0 bridgehead atoms. The summed E-state index contributed by atoms with van der Waals surface area (Å²) < 4.78 is 0. The summed E-state index contributed by atoms with van der Waals surface area (Å²) in [4.78, 5) is 0. The zero-order chi connectivity index (χ0) is 12.1. The summed E-state index contributed by atoms with van der Waals surface area (Å²) in [7, 11) is 0. The highest BCUT2D eigenvalue weighted by atomic mass is 16.3. The quantitative estimate of drug-likeness (QED) is 0.502. The highest BCUT2D eigenvalue weighted by Crippen LogP contribution is 2.12. The van der Waals surface area contributed by atoms with Crippen molar-refractivity contribution in [1.29, 1.82) is 0 Å². The van der Waals surface area contributed by atoms with E-state index in [0.717, 1.165) is 25.7 Å². The van der Waals surface area contributed by atoms with Gasteiger partial charge in [-0.1, -0.05) is 58.3 Å². The van der Waals surface area contributed by atoms with Crippen molar-refractivity contribution in [2.24, 2.45) is 0 Å². The predicted molar refractivity (Wildman–Crippen MR) is 69.6 cm³/mol. The van der Waals surface area contributed by atoms with E-state index in [1.54, 1.807) is 0 Å². The first-order valence-corrected chi connectivity index (χ1v) is 7.10. The van der Waals surface area contributed by atoms with Crippen molar-refractivity contribution >= 4 is 0 Å². The van der Waals surface area contributed by atoms with Crippen LogP contribution in [0.25, 0.3) is 0 Å². The highest BCUT2D eigenvalue weighted by molar-refractivity contribution is 4.56. The average Bonchev–Trinajstić information content (AvgIpc) is 2.30. The Labute approximate surface area is 101 Å². The number of aliphatic hydroxyl groups is 2. The second-order valence-corrected chi connectivity index (χ2v) is 4.78. The number of unbranched alkanes of at least 4 members (excludes halogenated alkanes) is 7. The van der Waals surface area contributed by atoms with Crippen molar-refractivity contribution in [3.63, 3.8) is 0 Å². The maximum Gasteiger partial charge on any atom is 0.0541 e. The maximum absolute atomic E-state index is 9.54. The zero-order valence-electron chi connectivity index (χ0n) is 11.0. The van der Waals surface area contributed by atoms with Crippen LogP contribution in [0.4, 0.5) is 0 Å². The van der Waals surface area contributed by atoms with E-state index in [9.17, 15) is 5.11 Å². The van der Waals surface area contributed by atoms with Crippen LogP contribution in [0.2, 0.25) is 0 Å². The Balaban J connectivity index is 3.02. The number of hydrogen-bond donors (Lipinski definition) is 2.